The Kier molecular flexibility index (Phi) is 3.39. The van der Waals surface area contributed by atoms with Gasteiger partial charge in [-0.1, -0.05) is 20.8 Å². The highest BCUT2D eigenvalue weighted by Crippen LogP contribution is 2.38. The van der Waals surface area contributed by atoms with Crippen molar-refractivity contribution in [2.75, 3.05) is 13.1 Å². The van der Waals surface area contributed by atoms with Crippen LogP contribution < -0.4 is 0 Å². The Morgan fingerprint density at radius 3 is 2.62 bits per heavy atom. The van der Waals surface area contributed by atoms with Crippen LogP contribution in [0, 0.1) is 11.3 Å². The summed E-state index contributed by atoms with van der Waals surface area (Å²) >= 11 is 0. The lowest BCUT2D eigenvalue weighted by molar-refractivity contribution is -0.127. The molecule has 92 valence electrons. The fourth-order valence-electron chi connectivity index (χ4n) is 2.97. The highest BCUT2D eigenvalue weighted by Gasteiger charge is 2.37. The van der Waals surface area contributed by atoms with E-state index in [9.17, 15) is 4.79 Å². The summed E-state index contributed by atoms with van der Waals surface area (Å²) in [5.74, 6) is 0.822. The van der Waals surface area contributed by atoms with Crippen LogP contribution >= 0.6 is 0 Å². The molecule has 0 bridgehead atoms. The summed E-state index contributed by atoms with van der Waals surface area (Å²) in [5, 5.41) is 0. The molecule has 2 fully saturated rings. The van der Waals surface area contributed by atoms with Crippen LogP contribution in [0.15, 0.2) is 0 Å². The number of hydrogen-bond acceptors (Lipinski definition) is 2. The summed E-state index contributed by atoms with van der Waals surface area (Å²) in [7, 11) is 0. The van der Waals surface area contributed by atoms with Crippen molar-refractivity contribution in [3.63, 3.8) is 0 Å². The molecular formula is C14H25NO. The van der Waals surface area contributed by atoms with Gasteiger partial charge in [-0.05, 0) is 37.6 Å². The molecule has 0 aromatic heterocycles. The van der Waals surface area contributed by atoms with Crippen molar-refractivity contribution in [1.29, 1.82) is 0 Å². The molecule has 2 heteroatoms. The second kappa shape index (κ2) is 4.48. The first-order valence-corrected chi connectivity index (χ1v) is 6.78. The molecule has 2 rings (SSSR count). The van der Waals surface area contributed by atoms with Gasteiger partial charge in [0, 0.05) is 24.9 Å². The maximum Gasteiger partial charge on any atom is 0.137 e. The smallest absolute Gasteiger partial charge is 0.137 e. The fourth-order valence-corrected chi connectivity index (χ4v) is 2.97. The predicted molar refractivity (Wildman–Crippen MR) is 66.4 cm³/mol. The molecule has 0 radical (unpaired) electrons. The molecule has 0 amide bonds. The maximum absolute atomic E-state index is 11.9. The van der Waals surface area contributed by atoms with Gasteiger partial charge in [-0.3, -0.25) is 9.69 Å². The first kappa shape index (κ1) is 12.1. The minimum Gasteiger partial charge on any atom is -0.300 e. The molecule has 1 atom stereocenters. The Morgan fingerprint density at radius 2 is 2.06 bits per heavy atom. The van der Waals surface area contributed by atoms with E-state index in [4.69, 9.17) is 0 Å². The third-order valence-corrected chi connectivity index (χ3v) is 4.23. The fraction of sp³-hybridized carbons (Fsp3) is 0.929. The second-order valence-corrected chi connectivity index (χ2v) is 6.35. The lowest BCUT2D eigenvalue weighted by atomic mass is 9.71. The van der Waals surface area contributed by atoms with Gasteiger partial charge in [0.05, 0.1) is 0 Å². The molecule has 0 aromatic rings. The SMILES string of the molecule is CCN(CC1CC(C)(C)CCC1=O)C1CC1. The number of carbonyl (C=O) groups excluding carboxylic acids is 1. The number of ketones is 1. The third kappa shape index (κ3) is 2.85. The van der Waals surface area contributed by atoms with Gasteiger partial charge in [-0.25, -0.2) is 0 Å². The average Bonchev–Trinajstić information content (AvgIpc) is 3.03. The molecule has 0 aromatic carbocycles. The van der Waals surface area contributed by atoms with Crippen LogP contribution in [0.4, 0.5) is 0 Å². The van der Waals surface area contributed by atoms with Gasteiger partial charge < -0.3 is 0 Å². The molecule has 16 heavy (non-hydrogen) atoms. The Bertz CT molecular complexity index is 268. The summed E-state index contributed by atoms with van der Waals surface area (Å²) in [6.07, 6.45) is 5.67. The summed E-state index contributed by atoms with van der Waals surface area (Å²) in [6, 6.07) is 0.794. The van der Waals surface area contributed by atoms with Gasteiger partial charge >= 0.3 is 0 Å². The molecule has 0 N–H and O–H groups in total. The van der Waals surface area contributed by atoms with Crippen LogP contribution in [0.2, 0.25) is 0 Å². The van der Waals surface area contributed by atoms with Crippen LogP contribution in [0.1, 0.15) is 52.9 Å². The average molecular weight is 223 g/mol. The molecule has 0 aliphatic heterocycles. The molecule has 1 unspecified atom stereocenters. The van der Waals surface area contributed by atoms with Crippen LogP contribution in [-0.4, -0.2) is 29.8 Å². The van der Waals surface area contributed by atoms with E-state index < -0.39 is 0 Å². The Hall–Kier alpha value is -0.370. The van der Waals surface area contributed by atoms with Crippen LogP contribution in [-0.2, 0) is 4.79 Å². The largest absolute Gasteiger partial charge is 0.300 e. The van der Waals surface area contributed by atoms with Crippen molar-refractivity contribution in [1.82, 2.24) is 4.90 Å². The first-order valence-electron chi connectivity index (χ1n) is 6.78. The topological polar surface area (TPSA) is 20.3 Å². The van der Waals surface area contributed by atoms with Crippen molar-refractivity contribution >= 4 is 5.78 Å². The molecule has 0 heterocycles. The van der Waals surface area contributed by atoms with E-state index in [0.717, 1.165) is 38.4 Å². The number of carbonyl (C=O) groups is 1. The Morgan fingerprint density at radius 1 is 1.38 bits per heavy atom. The van der Waals surface area contributed by atoms with E-state index in [2.05, 4.69) is 25.7 Å². The number of rotatable bonds is 4. The Labute approximate surface area is 99.4 Å². The van der Waals surface area contributed by atoms with E-state index in [1.807, 2.05) is 0 Å². The molecular weight excluding hydrogens is 198 g/mol. The summed E-state index contributed by atoms with van der Waals surface area (Å²) in [4.78, 5) is 14.5. The summed E-state index contributed by atoms with van der Waals surface area (Å²) < 4.78 is 0. The van der Waals surface area contributed by atoms with Crippen LogP contribution in [0.5, 0.6) is 0 Å². The zero-order chi connectivity index (χ0) is 11.8. The van der Waals surface area contributed by atoms with E-state index in [0.29, 0.717) is 17.1 Å². The maximum atomic E-state index is 11.9. The number of hydrogen-bond donors (Lipinski definition) is 0. The monoisotopic (exact) mass is 223 g/mol. The minimum absolute atomic E-state index is 0.310. The molecule has 2 nitrogen and oxygen atoms in total. The number of Topliss-reactive ketones (excluding diaryl/α,β-unsaturated/α-hetero) is 1. The lowest BCUT2D eigenvalue weighted by Crippen LogP contribution is -2.39. The molecule has 2 aliphatic rings. The predicted octanol–water partition coefficient (Wildman–Crippen LogP) is 2.87. The normalized spacial score (nSPS) is 29.8. The van der Waals surface area contributed by atoms with E-state index >= 15 is 0 Å². The first-order chi connectivity index (χ1) is 7.52. The highest BCUT2D eigenvalue weighted by atomic mass is 16.1. The van der Waals surface area contributed by atoms with Gasteiger partial charge in [-0.2, -0.15) is 0 Å². The van der Waals surface area contributed by atoms with Crippen molar-refractivity contribution in [2.45, 2.75) is 58.9 Å². The van der Waals surface area contributed by atoms with Crippen molar-refractivity contribution < 1.29 is 4.79 Å². The van der Waals surface area contributed by atoms with E-state index in [1.54, 1.807) is 0 Å². The van der Waals surface area contributed by atoms with Gasteiger partial charge in [0.1, 0.15) is 5.78 Å². The van der Waals surface area contributed by atoms with E-state index in [1.165, 1.54) is 12.8 Å². The zero-order valence-electron chi connectivity index (χ0n) is 11.0. The lowest BCUT2D eigenvalue weighted by Gasteiger charge is -2.36. The van der Waals surface area contributed by atoms with Crippen molar-refractivity contribution in [3.8, 4) is 0 Å². The van der Waals surface area contributed by atoms with Gasteiger partial charge in [0.15, 0.2) is 0 Å². The molecule has 0 saturated heterocycles. The summed E-state index contributed by atoms with van der Waals surface area (Å²) in [5.41, 5.74) is 0.377. The van der Waals surface area contributed by atoms with Crippen molar-refractivity contribution in [2.24, 2.45) is 11.3 Å². The van der Waals surface area contributed by atoms with Crippen LogP contribution in [0.25, 0.3) is 0 Å². The van der Waals surface area contributed by atoms with Gasteiger partial charge in [0.2, 0.25) is 0 Å². The Balaban J connectivity index is 1.93. The third-order valence-electron chi connectivity index (χ3n) is 4.23. The second-order valence-electron chi connectivity index (χ2n) is 6.35. The number of nitrogens with zero attached hydrogens (tertiary/aromatic N) is 1. The summed E-state index contributed by atoms with van der Waals surface area (Å²) in [6.45, 7) is 8.95. The molecule has 2 saturated carbocycles. The standard InChI is InChI=1S/C14H25NO/c1-4-15(12-5-6-12)10-11-9-14(2,3)8-7-13(11)16/h11-12H,4-10H2,1-3H3. The quantitative estimate of drug-likeness (QED) is 0.730. The van der Waals surface area contributed by atoms with Crippen LogP contribution in [0.3, 0.4) is 0 Å². The molecule has 2 aliphatic carbocycles. The van der Waals surface area contributed by atoms with E-state index in [-0.39, 0.29) is 0 Å². The molecule has 0 spiro atoms. The highest BCUT2D eigenvalue weighted by molar-refractivity contribution is 5.82. The van der Waals surface area contributed by atoms with Gasteiger partial charge in [0.25, 0.3) is 0 Å². The zero-order valence-corrected chi connectivity index (χ0v) is 11.0. The minimum atomic E-state index is 0.310. The van der Waals surface area contributed by atoms with Gasteiger partial charge in [-0.15, -0.1) is 0 Å². The van der Waals surface area contributed by atoms with Crippen molar-refractivity contribution in [3.05, 3.63) is 0 Å².